The fraction of sp³-hybridized carbons (Fsp3) is 0.250. The second-order valence-corrected chi connectivity index (χ2v) is 4.03. The molecule has 2 rings (SSSR count). The molecule has 1 aliphatic rings. The van der Waals surface area contributed by atoms with Crippen molar-refractivity contribution in [1.82, 2.24) is 0 Å². The maximum absolute atomic E-state index is 11.9. The number of anilines is 1. The molecule has 92 valence electrons. The third kappa shape index (κ3) is 1.92. The van der Waals surface area contributed by atoms with Crippen molar-refractivity contribution in [2.24, 2.45) is 5.41 Å². The number of carbonyl (C=O) groups excluding carboxylic acids is 1. The van der Waals surface area contributed by atoms with Crippen LogP contribution < -0.4 is 5.32 Å². The number of aliphatic carboxylic acids is 1. The summed E-state index contributed by atoms with van der Waals surface area (Å²) in [6.45, 7) is -0.266. The summed E-state index contributed by atoms with van der Waals surface area (Å²) in [5.74, 6) is -1.83. The second-order valence-electron chi connectivity index (χ2n) is 4.03. The standard InChI is InChI=1S/C12H10N2O4/c13-5-8-2-1-3-9(4-8)14-10(15)12(11(16)17)6-18-7-12/h1-4H,6-7H2,(H,14,15)(H,16,17). The van der Waals surface area contributed by atoms with Gasteiger partial charge < -0.3 is 15.2 Å². The molecule has 2 N–H and O–H groups in total. The number of carbonyl (C=O) groups is 2. The van der Waals surface area contributed by atoms with E-state index in [2.05, 4.69) is 5.32 Å². The van der Waals surface area contributed by atoms with Crippen LogP contribution in [0.5, 0.6) is 0 Å². The van der Waals surface area contributed by atoms with E-state index >= 15 is 0 Å². The molecule has 18 heavy (non-hydrogen) atoms. The SMILES string of the molecule is N#Cc1cccc(NC(=O)C2(C(=O)O)COC2)c1. The average Bonchev–Trinajstić information content (AvgIpc) is 2.27. The largest absolute Gasteiger partial charge is 0.480 e. The molecule has 0 aliphatic carbocycles. The molecular weight excluding hydrogens is 236 g/mol. The summed E-state index contributed by atoms with van der Waals surface area (Å²) >= 11 is 0. The maximum Gasteiger partial charge on any atom is 0.324 e. The van der Waals surface area contributed by atoms with Gasteiger partial charge in [0.25, 0.3) is 0 Å². The number of ether oxygens (including phenoxy) is 1. The van der Waals surface area contributed by atoms with Crippen molar-refractivity contribution >= 4 is 17.6 Å². The number of nitrogens with one attached hydrogen (secondary N) is 1. The quantitative estimate of drug-likeness (QED) is 0.761. The van der Waals surface area contributed by atoms with Crippen molar-refractivity contribution in [3.63, 3.8) is 0 Å². The number of carboxylic acids is 1. The number of rotatable bonds is 3. The van der Waals surface area contributed by atoms with Crippen molar-refractivity contribution in [3.8, 4) is 6.07 Å². The average molecular weight is 246 g/mol. The predicted molar refractivity (Wildman–Crippen MR) is 60.7 cm³/mol. The molecule has 1 aromatic carbocycles. The van der Waals surface area contributed by atoms with Crippen LogP contribution in [0.15, 0.2) is 24.3 Å². The van der Waals surface area contributed by atoms with Crippen LogP contribution in [0.3, 0.4) is 0 Å². The van der Waals surface area contributed by atoms with E-state index in [4.69, 9.17) is 15.1 Å². The van der Waals surface area contributed by atoms with Crippen molar-refractivity contribution in [1.29, 1.82) is 5.26 Å². The molecule has 0 bridgehead atoms. The third-order valence-corrected chi connectivity index (χ3v) is 2.79. The van der Waals surface area contributed by atoms with Crippen molar-refractivity contribution in [3.05, 3.63) is 29.8 Å². The topological polar surface area (TPSA) is 99.4 Å². The minimum absolute atomic E-state index is 0.133. The van der Waals surface area contributed by atoms with Crippen LogP contribution in [-0.4, -0.2) is 30.2 Å². The van der Waals surface area contributed by atoms with E-state index < -0.39 is 17.3 Å². The Hall–Kier alpha value is -2.39. The van der Waals surface area contributed by atoms with Crippen molar-refractivity contribution in [2.75, 3.05) is 18.5 Å². The molecule has 1 fully saturated rings. The van der Waals surface area contributed by atoms with Gasteiger partial charge in [-0.15, -0.1) is 0 Å². The molecule has 1 amide bonds. The number of benzene rings is 1. The maximum atomic E-state index is 11.9. The van der Waals surface area contributed by atoms with Crippen LogP contribution in [0.4, 0.5) is 5.69 Å². The minimum atomic E-state index is -1.51. The molecule has 0 unspecified atom stereocenters. The van der Waals surface area contributed by atoms with Crippen LogP contribution >= 0.6 is 0 Å². The molecule has 6 nitrogen and oxygen atoms in total. The minimum Gasteiger partial charge on any atom is -0.480 e. The molecule has 0 spiro atoms. The number of nitrogens with zero attached hydrogens (tertiary/aromatic N) is 1. The lowest BCUT2D eigenvalue weighted by Crippen LogP contribution is -2.57. The summed E-state index contributed by atoms with van der Waals surface area (Å²) in [5, 5.41) is 20.3. The van der Waals surface area contributed by atoms with Crippen LogP contribution in [0.1, 0.15) is 5.56 Å². The number of amides is 1. The summed E-state index contributed by atoms with van der Waals surface area (Å²) in [4.78, 5) is 23.0. The highest BCUT2D eigenvalue weighted by Crippen LogP contribution is 2.29. The van der Waals surface area contributed by atoms with Crippen LogP contribution in [0.2, 0.25) is 0 Å². The van der Waals surface area contributed by atoms with Gasteiger partial charge in [-0.05, 0) is 18.2 Å². The lowest BCUT2D eigenvalue weighted by atomic mass is 9.85. The normalized spacial score (nSPS) is 16.2. The lowest BCUT2D eigenvalue weighted by molar-refractivity contribution is -0.182. The molecule has 6 heteroatoms. The van der Waals surface area contributed by atoms with E-state index in [1.54, 1.807) is 18.2 Å². The first-order valence-electron chi connectivity index (χ1n) is 5.21. The Labute approximate surface area is 103 Å². The fourth-order valence-corrected chi connectivity index (χ4v) is 1.58. The van der Waals surface area contributed by atoms with E-state index in [1.165, 1.54) is 6.07 Å². The molecule has 1 aliphatic heterocycles. The highest BCUT2D eigenvalue weighted by molar-refractivity contribution is 6.09. The Balaban J connectivity index is 2.16. The third-order valence-electron chi connectivity index (χ3n) is 2.79. The van der Waals surface area contributed by atoms with Gasteiger partial charge in [0, 0.05) is 5.69 Å². The Morgan fingerprint density at radius 1 is 1.44 bits per heavy atom. The highest BCUT2D eigenvalue weighted by atomic mass is 16.5. The lowest BCUT2D eigenvalue weighted by Gasteiger charge is -2.35. The van der Waals surface area contributed by atoms with Gasteiger partial charge in [-0.3, -0.25) is 9.59 Å². The Morgan fingerprint density at radius 3 is 2.67 bits per heavy atom. The van der Waals surface area contributed by atoms with Gasteiger partial charge in [0.05, 0.1) is 24.8 Å². The highest BCUT2D eigenvalue weighted by Gasteiger charge is 2.53. The smallest absolute Gasteiger partial charge is 0.324 e. The zero-order valence-electron chi connectivity index (χ0n) is 9.34. The number of hydrogen-bond donors (Lipinski definition) is 2. The summed E-state index contributed by atoms with van der Waals surface area (Å²) < 4.78 is 4.81. The second kappa shape index (κ2) is 4.47. The van der Waals surface area contributed by atoms with Gasteiger partial charge in [0.15, 0.2) is 5.41 Å². The molecule has 0 atom stereocenters. The van der Waals surface area contributed by atoms with Gasteiger partial charge in [0.1, 0.15) is 0 Å². The molecular formula is C12H10N2O4. The number of hydrogen-bond acceptors (Lipinski definition) is 4. The molecule has 1 saturated heterocycles. The van der Waals surface area contributed by atoms with Crippen molar-refractivity contribution < 1.29 is 19.4 Å². The summed E-state index contributed by atoms with van der Waals surface area (Å²) in [7, 11) is 0. The van der Waals surface area contributed by atoms with E-state index in [9.17, 15) is 9.59 Å². The van der Waals surface area contributed by atoms with Crippen LogP contribution in [0.25, 0.3) is 0 Å². The van der Waals surface area contributed by atoms with Gasteiger partial charge >= 0.3 is 5.97 Å². The van der Waals surface area contributed by atoms with Crippen molar-refractivity contribution in [2.45, 2.75) is 0 Å². The first kappa shape index (κ1) is 12.1. The Morgan fingerprint density at radius 2 is 2.17 bits per heavy atom. The molecule has 0 radical (unpaired) electrons. The molecule has 0 aromatic heterocycles. The van der Waals surface area contributed by atoms with E-state index in [0.29, 0.717) is 11.3 Å². The molecule has 1 aromatic rings. The first-order chi connectivity index (χ1) is 8.58. The molecule has 1 heterocycles. The van der Waals surface area contributed by atoms with Gasteiger partial charge in [0.2, 0.25) is 5.91 Å². The molecule has 0 saturated carbocycles. The summed E-state index contributed by atoms with van der Waals surface area (Å²) in [6, 6.07) is 8.21. The van der Waals surface area contributed by atoms with Gasteiger partial charge in [-0.2, -0.15) is 5.26 Å². The summed E-state index contributed by atoms with van der Waals surface area (Å²) in [5.41, 5.74) is -0.726. The van der Waals surface area contributed by atoms with E-state index in [1.807, 2.05) is 6.07 Å². The Bertz CT molecular complexity index is 543. The summed E-state index contributed by atoms with van der Waals surface area (Å²) in [6.07, 6.45) is 0. The number of carboxylic acid groups (broad SMARTS) is 1. The Kier molecular flexibility index (Phi) is 3.00. The van der Waals surface area contributed by atoms with E-state index in [-0.39, 0.29) is 13.2 Å². The fourth-order valence-electron chi connectivity index (χ4n) is 1.58. The number of nitriles is 1. The van der Waals surface area contributed by atoms with Gasteiger partial charge in [-0.1, -0.05) is 6.07 Å². The van der Waals surface area contributed by atoms with Crippen LogP contribution in [-0.2, 0) is 14.3 Å². The van der Waals surface area contributed by atoms with Crippen LogP contribution in [0, 0.1) is 16.7 Å². The van der Waals surface area contributed by atoms with Gasteiger partial charge in [-0.25, -0.2) is 0 Å². The first-order valence-corrected chi connectivity index (χ1v) is 5.21. The predicted octanol–water partition coefficient (Wildman–Crippen LogP) is 0.598. The van der Waals surface area contributed by atoms with E-state index in [0.717, 1.165) is 0 Å². The zero-order valence-corrected chi connectivity index (χ0v) is 9.34. The monoisotopic (exact) mass is 246 g/mol. The zero-order chi connectivity index (χ0) is 13.2.